The SMILES string of the molecule is [C-]#[N+]c1ccc(-c2nc(/C=C/C3CCCCC3)n(C)c(=O)c2-c2ccc(OC)cc2)cc1F. The summed E-state index contributed by atoms with van der Waals surface area (Å²) in [6.45, 7) is 7.12. The standard InChI is InChI=1S/C27H26FN3O2/c1-29-23-15-12-20(17-22(23)28)26-25(19-10-13-21(33-3)14-11-19)27(32)31(2)24(30-26)16-9-18-7-5-4-6-8-18/h9-18H,4-8H2,2-3H3/b16-9+. The first-order chi connectivity index (χ1) is 16.0. The van der Waals surface area contributed by atoms with Crippen molar-refractivity contribution in [3.63, 3.8) is 0 Å². The maximum absolute atomic E-state index is 14.5. The van der Waals surface area contributed by atoms with Crippen LogP contribution in [0.25, 0.3) is 33.3 Å². The lowest BCUT2D eigenvalue weighted by molar-refractivity contribution is 0.415. The van der Waals surface area contributed by atoms with Crippen molar-refractivity contribution in [3.8, 4) is 28.1 Å². The van der Waals surface area contributed by atoms with Crippen LogP contribution < -0.4 is 10.3 Å². The molecule has 0 spiro atoms. The highest BCUT2D eigenvalue weighted by molar-refractivity contribution is 5.81. The van der Waals surface area contributed by atoms with Gasteiger partial charge in [0, 0.05) is 12.6 Å². The van der Waals surface area contributed by atoms with Crippen LogP contribution in [-0.2, 0) is 7.05 Å². The van der Waals surface area contributed by atoms with Crippen LogP contribution in [0.5, 0.6) is 5.75 Å². The van der Waals surface area contributed by atoms with Gasteiger partial charge < -0.3 is 4.74 Å². The molecule has 0 radical (unpaired) electrons. The molecule has 1 aromatic heterocycles. The van der Waals surface area contributed by atoms with E-state index in [0.717, 1.165) is 12.8 Å². The Bertz CT molecular complexity index is 1280. The van der Waals surface area contributed by atoms with Crippen LogP contribution in [0, 0.1) is 18.3 Å². The molecule has 0 bridgehead atoms. The van der Waals surface area contributed by atoms with Crippen molar-refractivity contribution in [1.82, 2.24) is 9.55 Å². The molecule has 0 amide bonds. The number of hydrogen-bond donors (Lipinski definition) is 0. The molecule has 3 aromatic rings. The zero-order valence-corrected chi connectivity index (χ0v) is 18.8. The highest BCUT2D eigenvalue weighted by Gasteiger charge is 2.19. The number of rotatable bonds is 5. The van der Waals surface area contributed by atoms with Crippen LogP contribution in [0.4, 0.5) is 10.1 Å². The van der Waals surface area contributed by atoms with E-state index >= 15 is 0 Å². The topological polar surface area (TPSA) is 48.5 Å². The van der Waals surface area contributed by atoms with Crippen LogP contribution in [-0.4, -0.2) is 16.7 Å². The summed E-state index contributed by atoms with van der Waals surface area (Å²) < 4.78 is 21.3. The number of nitrogens with zero attached hydrogens (tertiary/aromatic N) is 3. The molecule has 1 heterocycles. The number of ether oxygens (including phenoxy) is 1. The van der Waals surface area contributed by atoms with Gasteiger partial charge >= 0.3 is 0 Å². The maximum Gasteiger partial charge on any atom is 0.262 e. The monoisotopic (exact) mass is 443 g/mol. The zero-order valence-electron chi connectivity index (χ0n) is 18.8. The quantitative estimate of drug-likeness (QED) is 0.428. The van der Waals surface area contributed by atoms with Crippen molar-refractivity contribution in [1.29, 1.82) is 0 Å². The Labute approximate surface area is 193 Å². The lowest BCUT2D eigenvalue weighted by Gasteiger charge is -2.18. The van der Waals surface area contributed by atoms with Crippen molar-refractivity contribution < 1.29 is 9.13 Å². The van der Waals surface area contributed by atoms with Crippen LogP contribution in [0.3, 0.4) is 0 Å². The van der Waals surface area contributed by atoms with E-state index in [1.807, 2.05) is 6.08 Å². The molecule has 1 saturated carbocycles. The lowest BCUT2D eigenvalue weighted by atomic mass is 9.89. The predicted octanol–water partition coefficient (Wildman–Crippen LogP) is 6.41. The molecule has 1 fully saturated rings. The first kappa shape index (κ1) is 22.5. The summed E-state index contributed by atoms with van der Waals surface area (Å²) in [4.78, 5) is 21.5. The van der Waals surface area contributed by atoms with E-state index in [1.54, 1.807) is 44.5 Å². The smallest absolute Gasteiger partial charge is 0.262 e. The van der Waals surface area contributed by atoms with Gasteiger partial charge in [0.15, 0.2) is 0 Å². The molecule has 33 heavy (non-hydrogen) atoms. The number of benzene rings is 2. The summed E-state index contributed by atoms with van der Waals surface area (Å²) >= 11 is 0. The Morgan fingerprint density at radius 2 is 1.82 bits per heavy atom. The van der Waals surface area contributed by atoms with Crippen LogP contribution >= 0.6 is 0 Å². The zero-order chi connectivity index (χ0) is 23.4. The van der Waals surface area contributed by atoms with Gasteiger partial charge in [0.25, 0.3) is 5.56 Å². The summed E-state index contributed by atoms with van der Waals surface area (Å²) in [6, 6.07) is 11.5. The third-order valence-corrected chi connectivity index (χ3v) is 6.21. The van der Waals surface area contributed by atoms with Gasteiger partial charge in [-0.2, -0.15) is 0 Å². The van der Waals surface area contributed by atoms with Crippen molar-refractivity contribution in [2.45, 2.75) is 32.1 Å². The molecule has 4 rings (SSSR count). The molecule has 1 aliphatic rings. The molecule has 5 nitrogen and oxygen atoms in total. The van der Waals surface area contributed by atoms with Crippen LogP contribution in [0.15, 0.2) is 53.3 Å². The van der Waals surface area contributed by atoms with Gasteiger partial charge in [-0.15, -0.1) is 0 Å². The predicted molar refractivity (Wildman–Crippen MR) is 129 cm³/mol. The molecule has 0 saturated heterocycles. The number of aromatic nitrogens is 2. The average Bonchev–Trinajstić information content (AvgIpc) is 2.85. The first-order valence-corrected chi connectivity index (χ1v) is 11.1. The van der Waals surface area contributed by atoms with E-state index in [1.165, 1.54) is 36.0 Å². The first-order valence-electron chi connectivity index (χ1n) is 11.1. The average molecular weight is 444 g/mol. The van der Waals surface area contributed by atoms with Crippen molar-refractivity contribution in [2.75, 3.05) is 7.11 Å². The maximum atomic E-state index is 14.5. The summed E-state index contributed by atoms with van der Waals surface area (Å²) in [6.07, 6.45) is 10.0. The van der Waals surface area contributed by atoms with Gasteiger partial charge in [0.2, 0.25) is 5.69 Å². The second-order valence-corrected chi connectivity index (χ2v) is 8.32. The molecular weight excluding hydrogens is 417 g/mol. The third kappa shape index (κ3) is 4.73. The molecule has 0 N–H and O–H groups in total. The van der Waals surface area contributed by atoms with E-state index in [4.69, 9.17) is 16.3 Å². The van der Waals surface area contributed by atoms with Crippen LogP contribution in [0.1, 0.15) is 37.9 Å². The Hall–Kier alpha value is -3.72. The molecule has 1 aliphatic carbocycles. The van der Waals surface area contributed by atoms with Gasteiger partial charge in [0.1, 0.15) is 17.4 Å². The van der Waals surface area contributed by atoms with E-state index in [9.17, 15) is 9.18 Å². The Balaban J connectivity index is 1.88. The molecule has 2 aromatic carbocycles. The normalized spacial score (nSPS) is 14.4. The minimum atomic E-state index is -0.634. The molecule has 0 atom stereocenters. The molecule has 168 valence electrons. The summed E-state index contributed by atoms with van der Waals surface area (Å²) in [7, 11) is 3.28. The molecule has 6 heteroatoms. The highest BCUT2D eigenvalue weighted by atomic mass is 19.1. The Morgan fingerprint density at radius 3 is 2.45 bits per heavy atom. The second-order valence-electron chi connectivity index (χ2n) is 8.32. The highest BCUT2D eigenvalue weighted by Crippen LogP contribution is 2.32. The fraction of sp³-hybridized carbons (Fsp3) is 0.296. The van der Waals surface area contributed by atoms with Gasteiger partial charge in [-0.25, -0.2) is 14.2 Å². The van der Waals surface area contributed by atoms with E-state index in [0.29, 0.717) is 39.9 Å². The van der Waals surface area contributed by atoms with Crippen LogP contribution in [0.2, 0.25) is 0 Å². The minimum Gasteiger partial charge on any atom is -0.497 e. The fourth-order valence-electron chi connectivity index (χ4n) is 4.29. The second kappa shape index (κ2) is 9.83. The van der Waals surface area contributed by atoms with E-state index < -0.39 is 5.82 Å². The molecular formula is C27H26FN3O2. The fourth-order valence-corrected chi connectivity index (χ4v) is 4.29. The Morgan fingerprint density at radius 1 is 1.12 bits per heavy atom. The summed E-state index contributed by atoms with van der Waals surface area (Å²) in [5.41, 5.74) is 1.60. The number of hydrogen-bond acceptors (Lipinski definition) is 3. The van der Waals surface area contributed by atoms with Gasteiger partial charge in [-0.3, -0.25) is 9.36 Å². The Kier molecular flexibility index (Phi) is 6.69. The van der Waals surface area contributed by atoms with Gasteiger partial charge in [-0.05, 0) is 48.6 Å². The number of allylic oxidation sites excluding steroid dienone is 1. The third-order valence-electron chi connectivity index (χ3n) is 6.21. The lowest BCUT2D eigenvalue weighted by Crippen LogP contribution is -2.23. The van der Waals surface area contributed by atoms with E-state index in [-0.39, 0.29) is 11.2 Å². The molecule has 0 unspecified atom stereocenters. The van der Waals surface area contributed by atoms with Gasteiger partial charge in [-0.1, -0.05) is 49.6 Å². The van der Waals surface area contributed by atoms with Gasteiger partial charge in [0.05, 0.1) is 24.9 Å². The van der Waals surface area contributed by atoms with Crippen molar-refractivity contribution in [3.05, 3.63) is 82.0 Å². The summed E-state index contributed by atoms with van der Waals surface area (Å²) in [5, 5.41) is 0. The summed E-state index contributed by atoms with van der Waals surface area (Å²) in [5.74, 6) is 1.04. The van der Waals surface area contributed by atoms with E-state index in [2.05, 4.69) is 10.9 Å². The largest absolute Gasteiger partial charge is 0.497 e. The van der Waals surface area contributed by atoms with Crippen molar-refractivity contribution in [2.24, 2.45) is 13.0 Å². The molecule has 0 aliphatic heterocycles. The number of halogens is 1. The van der Waals surface area contributed by atoms with Crippen molar-refractivity contribution >= 4 is 11.8 Å². The minimum absolute atomic E-state index is 0.0639. The number of methoxy groups -OCH3 is 1.